The van der Waals surface area contributed by atoms with Crippen molar-refractivity contribution in [2.45, 2.75) is 33.4 Å². The van der Waals surface area contributed by atoms with Crippen LogP contribution >= 0.6 is 0 Å². The number of pyridine rings is 1. The van der Waals surface area contributed by atoms with Crippen molar-refractivity contribution in [3.8, 4) is 5.88 Å². The van der Waals surface area contributed by atoms with Crippen LogP contribution < -0.4 is 10.1 Å². The Morgan fingerprint density at radius 2 is 2.22 bits per heavy atom. The van der Waals surface area contributed by atoms with E-state index in [4.69, 9.17) is 9.84 Å². The first-order valence-electron chi connectivity index (χ1n) is 6.09. The third-order valence-corrected chi connectivity index (χ3v) is 2.51. The minimum atomic E-state index is -0.842. The summed E-state index contributed by atoms with van der Waals surface area (Å²) in [7, 11) is 0. The molecule has 0 amide bonds. The first-order chi connectivity index (χ1) is 8.54. The summed E-state index contributed by atoms with van der Waals surface area (Å²) in [4.78, 5) is 15.3. The van der Waals surface area contributed by atoms with Crippen LogP contribution in [0.15, 0.2) is 18.2 Å². The molecule has 0 spiro atoms. The number of aromatic nitrogens is 1. The van der Waals surface area contributed by atoms with Gasteiger partial charge in [-0.05, 0) is 18.9 Å². The minimum absolute atomic E-state index is 0.0255. The number of ether oxygens (including phenoxy) is 1. The van der Waals surface area contributed by atoms with Crippen molar-refractivity contribution in [2.75, 3.05) is 6.61 Å². The molecule has 0 bridgehead atoms. The van der Waals surface area contributed by atoms with Gasteiger partial charge in [-0.3, -0.25) is 10.1 Å². The van der Waals surface area contributed by atoms with E-state index in [1.54, 1.807) is 6.07 Å². The zero-order chi connectivity index (χ0) is 13.5. The van der Waals surface area contributed by atoms with Crippen LogP contribution in [0.2, 0.25) is 0 Å². The first-order valence-corrected chi connectivity index (χ1v) is 6.09. The highest BCUT2D eigenvalue weighted by molar-refractivity contribution is 5.73. The van der Waals surface area contributed by atoms with Gasteiger partial charge in [0.2, 0.25) is 5.88 Å². The molecule has 0 aliphatic heterocycles. The number of nitrogens with zero attached hydrogens (tertiary/aromatic N) is 1. The van der Waals surface area contributed by atoms with E-state index in [1.807, 2.05) is 32.9 Å². The highest BCUT2D eigenvalue weighted by Crippen LogP contribution is 2.08. The van der Waals surface area contributed by atoms with Crippen LogP contribution in [0.5, 0.6) is 5.88 Å². The quantitative estimate of drug-likeness (QED) is 0.772. The standard InChI is InChI=1S/C13H20N2O3/c1-4-18-11-7-5-6-10(15-11)8-14-12(9(2)3)13(16)17/h5-7,9,12,14H,4,8H2,1-3H3,(H,16,17)/t12-/m1/s1. The lowest BCUT2D eigenvalue weighted by molar-refractivity contribution is -0.140. The molecule has 0 aliphatic rings. The lowest BCUT2D eigenvalue weighted by Gasteiger charge is -2.17. The smallest absolute Gasteiger partial charge is 0.320 e. The van der Waals surface area contributed by atoms with Gasteiger partial charge in [-0.2, -0.15) is 0 Å². The Kier molecular flexibility index (Phi) is 5.58. The number of aliphatic carboxylic acids is 1. The van der Waals surface area contributed by atoms with E-state index in [0.29, 0.717) is 19.0 Å². The van der Waals surface area contributed by atoms with E-state index in [2.05, 4.69) is 10.3 Å². The molecule has 0 saturated heterocycles. The van der Waals surface area contributed by atoms with Crippen LogP contribution in [0.25, 0.3) is 0 Å². The molecule has 0 aromatic carbocycles. The lowest BCUT2D eigenvalue weighted by atomic mass is 10.0. The third kappa shape index (κ3) is 4.33. The van der Waals surface area contributed by atoms with Crippen LogP contribution in [0.1, 0.15) is 26.5 Å². The van der Waals surface area contributed by atoms with Crippen molar-refractivity contribution >= 4 is 5.97 Å². The lowest BCUT2D eigenvalue weighted by Crippen LogP contribution is -2.40. The zero-order valence-electron chi connectivity index (χ0n) is 11.0. The zero-order valence-corrected chi connectivity index (χ0v) is 11.0. The molecule has 5 nitrogen and oxygen atoms in total. The topological polar surface area (TPSA) is 71.5 Å². The van der Waals surface area contributed by atoms with Crippen LogP contribution in [0.3, 0.4) is 0 Å². The maximum Gasteiger partial charge on any atom is 0.320 e. The van der Waals surface area contributed by atoms with Gasteiger partial charge in [0, 0.05) is 12.6 Å². The Hall–Kier alpha value is -1.62. The summed E-state index contributed by atoms with van der Waals surface area (Å²) in [5, 5.41) is 12.0. The predicted octanol–water partition coefficient (Wildman–Crippen LogP) is 1.68. The van der Waals surface area contributed by atoms with Crippen molar-refractivity contribution in [3.05, 3.63) is 23.9 Å². The molecule has 1 aromatic rings. The number of nitrogens with one attached hydrogen (secondary N) is 1. The molecule has 5 heteroatoms. The molecule has 100 valence electrons. The Balaban J connectivity index is 2.61. The fourth-order valence-electron chi connectivity index (χ4n) is 1.61. The molecular formula is C13H20N2O3. The largest absolute Gasteiger partial charge is 0.480 e. The summed E-state index contributed by atoms with van der Waals surface area (Å²) in [6.07, 6.45) is 0. The van der Waals surface area contributed by atoms with Crippen molar-refractivity contribution in [1.82, 2.24) is 10.3 Å². The van der Waals surface area contributed by atoms with E-state index in [-0.39, 0.29) is 5.92 Å². The van der Waals surface area contributed by atoms with Crippen LogP contribution in [-0.2, 0) is 11.3 Å². The van der Waals surface area contributed by atoms with Gasteiger partial charge in [0.15, 0.2) is 0 Å². The summed E-state index contributed by atoms with van der Waals surface area (Å²) >= 11 is 0. The Morgan fingerprint density at radius 1 is 1.50 bits per heavy atom. The second kappa shape index (κ2) is 6.96. The SMILES string of the molecule is CCOc1cccc(CN[C@@H](C(=O)O)C(C)C)n1. The van der Waals surface area contributed by atoms with Crippen LogP contribution in [0, 0.1) is 5.92 Å². The second-order valence-electron chi connectivity index (χ2n) is 4.34. The summed E-state index contributed by atoms with van der Waals surface area (Å²) in [6.45, 7) is 6.61. The predicted molar refractivity (Wildman–Crippen MR) is 68.5 cm³/mol. The molecule has 0 unspecified atom stereocenters. The van der Waals surface area contributed by atoms with Gasteiger partial charge < -0.3 is 9.84 Å². The third-order valence-electron chi connectivity index (χ3n) is 2.51. The number of hydrogen-bond acceptors (Lipinski definition) is 4. The van der Waals surface area contributed by atoms with E-state index >= 15 is 0 Å². The maximum absolute atomic E-state index is 11.0. The molecule has 18 heavy (non-hydrogen) atoms. The van der Waals surface area contributed by atoms with E-state index < -0.39 is 12.0 Å². The average molecular weight is 252 g/mol. The van der Waals surface area contributed by atoms with Crippen molar-refractivity contribution in [2.24, 2.45) is 5.92 Å². The first kappa shape index (κ1) is 14.4. The molecule has 0 aliphatic carbocycles. The molecule has 2 N–H and O–H groups in total. The average Bonchev–Trinajstić information content (AvgIpc) is 2.29. The van der Waals surface area contributed by atoms with E-state index in [1.165, 1.54) is 0 Å². The van der Waals surface area contributed by atoms with Gasteiger partial charge in [-0.25, -0.2) is 4.98 Å². The van der Waals surface area contributed by atoms with Crippen molar-refractivity contribution in [1.29, 1.82) is 0 Å². The van der Waals surface area contributed by atoms with Gasteiger partial charge in [-0.1, -0.05) is 19.9 Å². The Labute approximate surface area is 107 Å². The highest BCUT2D eigenvalue weighted by Gasteiger charge is 2.20. The highest BCUT2D eigenvalue weighted by atomic mass is 16.5. The summed E-state index contributed by atoms with van der Waals surface area (Å²) in [5.41, 5.74) is 0.771. The molecular weight excluding hydrogens is 232 g/mol. The number of hydrogen-bond donors (Lipinski definition) is 2. The van der Waals surface area contributed by atoms with E-state index in [0.717, 1.165) is 5.69 Å². The number of carboxylic acid groups (broad SMARTS) is 1. The van der Waals surface area contributed by atoms with Gasteiger partial charge in [0.05, 0.1) is 12.3 Å². The molecule has 1 heterocycles. The number of rotatable bonds is 7. The van der Waals surface area contributed by atoms with Gasteiger partial charge in [-0.15, -0.1) is 0 Å². The molecule has 1 atom stereocenters. The van der Waals surface area contributed by atoms with Crippen molar-refractivity contribution in [3.63, 3.8) is 0 Å². The molecule has 1 rings (SSSR count). The fourth-order valence-corrected chi connectivity index (χ4v) is 1.61. The molecule has 1 aromatic heterocycles. The molecule has 0 radical (unpaired) electrons. The fraction of sp³-hybridized carbons (Fsp3) is 0.538. The minimum Gasteiger partial charge on any atom is -0.480 e. The summed E-state index contributed by atoms with van der Waals surface area (Å²) in [6, 6.07) is 4.90. The second-order valence-corrected chi connectivity index (χ2v) is 4.34. The van der Waals surface area contributed by atoms with Gasteiger partial charge in [0.1, 0.15) is 6.04 Å². The summed E-state index contributed by atoms with van der Waals surface area (Å²) in [5.74, 6) is -0.253. The van der Waals surface area contributed by atoms with Gasteiger partial charge in [0.25, 0.3) is 0 Å². The summed E-state index contributed by atoms with van der Waals surface area (Å²) < 4.78 is 5.29. The van der Waals surface area contributed by atoms with Crippen LogP contribution in [-0.4, -0.2) is 28.7 Å². The normalized spacial score (nSPS) is 12.4. The molecule has 0 saturated carbocycles. The van der Waals surface area contributed by atoms with Crippen molar-refractivity contribution < 1.29 is 14.6 Å². The maximum atomic E-state index is 11.0. The number of carboxylic acids is 1. The van der Waals surface area contributed by atoms with Gasteiger partial charge >= 0.3 is 5.97 Å². The molecule has 0 fully saturated rings. The Morgan fingerprint density at radius 3 is 2.78 bits per heavy atom. The number of carbonyl (C=O) groups is 1. The van der Waals surface area contributed by atoms with E-state index in [9.17, 15) is 4.79 Å². The monoisotopic (exact) mass is 252 g/mol. The Bertz CT molecular complexity index is 394. The van der Waals surface area contributed by atoms with Crippen LogP contribution in [0.4, 0.5) is 0 Å².